The first-order valence-electron chi connectivity index (χ1n) is 6.28. The molecule has 1 aliphatic rings. The van der Waals surface area contributed by atoms with Crippen LogP contribution in [0, 0.1) is 0 Å². The minimum Gasteiger partial charge on any atom is -0.308 e. The van der Waals surface area contributed by atoms with E-state index in [0.29, 0.717) is 10.8 Å². The largest absolute Gasteiger partial charge is 0.308 e. The van der Waals surface area contributed by atoms with Crippen molar-refractivity contribution in [2.75, 3.05) is 12.3 Å². The average molecular weight is 290 g/mol. The van der Waals surface area contributed by atoms with Gasteiger partial charge in [-0.1, -0.05) is 18.5 Å². The van der Waals surface area contributed by atoms with Crippen LogP contribution in [0.15, 0.2) is 12.1 Å². The monoisotopic (exact) mass is 289 g/mol. The number of rotatable bonds is 5. The van der Waals surface area contributed by atoms with Gasteiger partial charge in [-0.2, -0.15) is 11.8 Å². The van der Waals surface area contributed by atoms with Gasteiger partial charge in [0.25, 0.3) is 0 Å². The molecule has 1 saturated heterocycles. The van der Waals surface area contributed by atoms with Crippen molar-refractivity contribution in [3.63, 3.8) is 0 Å². The van der Waals surface area contributed by atoms with Gasteiger partial charge in [-0.05, 0) is 50.6 Å². The Morgan fingerprint density at radius 1 is 1.53 bits per heavy atom. The summed E-state index contributed by atoms with van der Waals surface area (Å²) in [5, 5.41) is 3.71. The third-order valence-electron chi connectivity index (χ3n) is 3.34. The maximum Gasteiger partial charge on any atom is 0.0931 e. The van der Waals surface area contributed by atoms with Crippen molar-refractivity contribution in [2.24, 2.45) is 0 Å². The molecule has 1 aliphatic heterocycles. The molecule has 2 atom stereocenters. The number of thiophene rings is 1. The predicted molar refractivity (Wildman–Crippen MR) is 80.5 cm³/mol. The van der Waals surface area contributed by atoms with E-state index in [2.05, 4.69) is 37.0 Å². The van der Waals surface area contributed by atoms with E-state index in [1.54, 1.807) is 11.3 Å². The molecule has 0 aromatic carbocycles. The summed E-state index contributed by atoms with van der Waals surface area (Å²) in [5.74, 6) is 1.29. The van der Waals surface area contributed by atoms with Gasteiger partial charge in [-0.25, -0.2) is 0 Å². The molecule has 1 N–H and O–H groups in total. The lowest BCUT2D eigenvalue weighted by molar-refractivity contribution is 0.418. The number of nitrogens with one attached hydrogen (secondary N) is 1. The van der Waals surface area contributed by atoms with Crippen LogP contribution in [-0.4, -0.2) is 17.0 Å². The quantitative estimate of drug-likeness (QED) is 0.841. The Hall–Kier alpha value is 0.300. The van der Waals surface area contributed by atoms with Gasteiger partial charge < -0.3 is 5.32 Å². The van der Waals surface area contributed by atoms with E-state index >= 15 is 0 Å². The standard InChI is InChI=1S/C13H20ClNS2/c1-3-8-15-12(10-5-6-11(14)17-10)13(2)7-4-9-16-13/h5-6,12,15H,3-4,7-9H2,1-2H3. The minimum absolute atomic E-state index is 0.337. The van der Waals surface area contributed by atoms with Gasteiger partial charge in [0.2, 0.25) is 0 Å². The third kappa shape index (κ3) is 3.19. The van der Waals surface area contributed by atoms with E-state index in [1.807, 2.05) is 6.07 Å². The molecule has 17 heavy (non-hydrogen) atoms. The zero-order chi connectivity index (χ0) is 12.3. The van der Waals surface area contributed by atoms with Gasteiger partial charge in [-0.15, -0.1) is 11.3 Å². The fourth-order valence-corrected chi connectivity index (χ4v) is 5.20. The molecule has 0 spiro atoms. The van der Waals surface area contributed by atoms with Crippen molar-refractivity contribution in [1.82, 2.24) is 5.32 Å². The summed E-state index contributed by atoms with van der Waals surface area (Å²) < 4.78 is 1.23. The molecule has 0 saturated carbocycles. The number of hydrogen-bond acceptors (Lipinski definition) is 3. The Balaban J connectivity index is 2.18. The summed E-state index contributed by atoms with van der Waals surface area (Å²) in [7, 11) is 0. The molecule has 1 nitrogen and oxygen atoms in total. The van der Waals surface area contributed by atoms with Crippen LogP contribution in [0.25, 0.3) is 0 Å². The van der Waals surface area contributed by atoms with Crippen LogP contribution in [0.2, 0.25) is 4.34 Å². The lowest BCUT2D eigenvalue weighted by atomic mass is 9.94. The molecule has 0 aliphatic carbocycles. The number of hydrogen-bond donors (Lipinski definition) is 1. The molecule has 0 bridgehead atoms. The van der Waals surface area contributed by atoms with Crippen molar-refractivity contribution >= 4 is 34.7 Å². The highest BCUT2D eigenvalue weighted by atomic mass is 35.5. The zero-order valence-corrected chi connectivity index (χ0v) is 12.9. The van der Waals surface area contributed by atoms with Crippen LogP contribution in [0.5, 0.6) is 0 Å². The zero-order valence-electron chi connectivity index (χ0n) is 10.5. The molecule has 96 valence electrons. The summed E-state index contributed by atoms with van der Waals surface area (Å²) in [6, 6.07) is 4.66. The van der Waals surface area contributed by atoms with E-state index in [-0.39, 0.29) is 0 Å². The smallest absolute Gasteiger partial charge is 0.0931 e. The molecular weight excluding hydrogens is 270 g/mol. The fourth-order valence-electron chi connectivity index (χ4n) is 2.42. The third-order valence-corrected chi connectivity index (χ3v) is 6.23. The summed E-state index contributed by atoms with van der Waals surface area (Å²) >= 11 is 9.90. The maximum atomic E-state index is 6.07. The predicted octanol–water partition coefficient (Wildman–Crippen LogP) is 4.73. The van der Waals surface area contributed by atoms with Gasteiger partial charge in [0.1, 0.15) is 0 Å². The summed E-state index contributed by atoms with van der Waals surface area (Å²) in [6.45, 7) is 5.69. The summed E-state index contributed by atoms with van der Waals surface area (Å²) in [6.07, 6.45) is 3.81. The molecule has 4 heteroatoms. The molecule has 2 rings (SSSR count). The average Bonchev–Trinajstić information content (AvgIpc) is 2.89. The van der Waals surface area contributed by atoms with Crippen LogP contribution in [0.4, 0.5) is 0 Å². The molecule has 0 amide bonds. The first-order valence-corrected chi connectivity index (χ1v) is 8.46. The Kier molecular flexibility index (Phi) is 4.81. The molecule has 1 aromatic rings. The SMILES string of the molecule is CCCNC(c1ccc(Cl)s1)C1(C)CCCS1. The maximum absolute atomic E-state index is 6.07. The normalized spacial score (nSPS) is 26.3. The van der Waals surface area contributed by atoms with Crippen molar-refractivity contribution < 1.29 is 0 Å². The Morgan fingerprint density at radius 2 is 2.35 bits per heavy atom. The van der Waals surface area contributed by atoms with Crippen molar-refractivity contribution in [3.05, 3.63) is 21.3 Å². The van der Waals surface area contributed by atoms with Crippen LogP contribution >= 0.6 is 34.7 Å². The van der Waals surface area contributed by atoms with Crippen LogP contribution in [0.3, 0.4) is 0 Å². The van der Waals surface area contributed by atoms with Crippen molar-refractivity contribution in [3.8, 4) is 0 Å². The van der Waals surface area contributed by atoms with Crippen molar-refractivity contribution in [1.29, 1.82) is 0 Å². The van der Waals surface area contributed by atoms with Crippen LogP contribution in [0.1, 0.15) is 44.0 Å². The van der Waals surface area contributed by atoms with E-state index < -0.39 is 0 Å². The molecule has 2 heterocycles. The van der Waals surface area contributed by atoms with Crippen LogP contribution in [-0.2, 0) is 0 Å². The van der Waals surface area contributed by atoms with E-state index in [1.165, 1.54) is 29.9 Å². The van der Waals surface area contributed by atoms with Gasteiger partial charge in [0.15, 0.2) is 0 Å². The summed E-state index contributed by atoms with van der Waals surface area (Å²) in [4.78, 5) is 1.39. The molecule has 1 aromatic heterocycles. The minimum atomic E-state index is 0.337. The van der Waals surface area contributed by atoms with Crippen LogP contribution < -0.4 is 5.32 Å². The Bertz CT molecular complexity index is 358. The summed E-state index contributed by atoms with van der Waals surface area (Å²) in [5.41, 5.74) is 0. The first kappa shape index (κ1) is 13.7. The highest BCUT2D eigenvalue weighted by Crippen LogP contribution is 2.48. The molecule has 1 fully saturated rings. The fraction of sp³-hybridized carbons (Fsp3) is 0.692. The van der Waals surface area contributed by atoms with Gasteiger partial charge in [0.05, 0.1) is 10.4 Å². The number of thioether (sulfide) groups is 1. The Morgan fingerprint density at radius 3 is 2.88 bits per heavy atom. The topological polar surface area (TPSA) is 12.0 Å². The molecule has 0 radical (unpaired) electrons. The second-order valence-electron chi connectivity index (χ2n) is 4.79. The molecule has 2 unspecified atom stereocenters. The number of halogens is 1. The van der Waals surface area contributed by atoms with E-state index in [4.69, 9.17) is 11.6 Å². The van der Waals surface area contributed by atoms with E-state index in [9.17, 15) is 0 Å². The second kappa shape index (κ2) is 5.96. The van der Waals surface area contributed by atoms with Gasteiger partial charge in [-0.3, -0.25) is 0 Å². The highest BCUT2D eigenvalue weighted by molar-refractivity contribution is 8.00. The first-order chi connectivity index (χ1) is 8.15. The van der Waals surface area contributed by atoms with E-state index in [0.717, 1.165) is 10.9 Å². The lowest BCUT2D eigenvalue weighted by Crippen LogP contribution is -2.37. The second-order valence-corrected chi connectivity index (χ2v) is 8.17. The van der Waals surface area contributed by atoms with Crippen molar-refractivity contribution in [2.45, 2.75) is 43.9 Å². The Labute approximate surface area is 117 Å². The van der Waals surface area contributed by atoms with Gasteiger partial charge >= 0.3 is 0 Å². The molecular formula is C13H20ClNS2. The highest BCUT2D eigenvalue weighted by Gasteiger charge is 2.39. The lowest BCUT2D eigenvalue weighted by Gasteiger charge is -2.33. The van der Waals surface area contributed by atoms with Gasteiger partial charge in [0, 0.05) is 9.62 Å².